The monoisotopic (exact) mass is 379 g/mol. The lowest BCUT2D eigenvalue weighted by molar-refractivity contribution is -0.121. The van der Waals surface area contributed by atoms with Crippen molar-refractivity contribution in [3.63, 3.8) is 0 Å². The van der Waals surface area contributed by atoms with Crippen molar-refractivity contribution in [1.82, 2.24) is 25.3 Å². The van der Waals surface area contributed by atoms with Gasteiger partial charge < -0.3 is 9.73 Å². The van der Waals surface area contributed by atoms with Gasteiger partial charge >= 0.3 is 0 Å². The second-order valence-corrected chi connectivity index (χ2v) is 7.35. The van der Waals surface area contributed by atoms with Crippen LogP contribution in [0.15, 0.2) is 41.1 Å². The highest BCUT2D eigenvalue weighted by Gasteiger charge is 2.22. The van der Waals surface area contributed by atoms with Gasteiger partial charge in [0, 0.05) is 37.7 Å². The van der Waals surface area contributed by atoms with Gasteiger partial charge in [0.1, 0.15) is 0 Å². The summed E-state index contributed by atoms with van der Waals surface area (Å²) in [5.41, 5.74) is 3.21. The number of aryl methyl sites for hydroxylation is 2. The van der Waals surface area contributed by atoms with E-state index in [1.54, 1.807) is 6.20 Å². The van der Waals surface area contributed by atoms with E-state index >= 15 is 0 Å². The predicted molar refractivity (Wildman–Crippen MR) is 104 cm³/mol. The largest absolute Gasteiger partial charge is 0.425 e. The molecule has 28 heavy (non-hydrogen) atoms. The first kappa shape index (κ1) is 18.4. The third-order valence-electron chi connectivity index (χ3n) is 5.32. The predicted octanol–water partition coefficient (Wildman–Crippen LogP) is 3.47. The Kier molecular flexibility index (Phi) is 5.50. The van der Waals surface area contributed by atoms with Crippen LogP contribution in [0.3, 0.4) is 0 Å². The zero-order valence-electron chi connectivity index (χ0n) is 16.1. The second kappa shape index (κ2) is 8.37. The SMILES string of the molecule is Cc1cc(-n2cccn2)ccc1CNC(=O)CCc1nnc(C2CCCC2)o1. The molecule has 0 bridgehead atoms. The molecule has 0 unspecified atom stereocenters. The van der Waals surface area contributed by atoms with Gasteiger partial charge in [0.2, 0.25) is 17.7 Å². The number of nitrogens with one attached hydrogen (secondary N) is 1. The normalized spacial score (nSPS) is 14.5. The number of carbonyl (C=O) groups excluding carboxylic acids is 1. The molecule has 2 heterocycles. The fourth-order valence-corrected chi connectivity index (χ4v) is 3.65. The summed E-state index contributed by atoms with van der Waals surface area (Å²) in [6.45, 7) is 2.54. The maximum atomic E-state index is 12.2. The highest BCUT2D eigenvalue weighted by Crippen LogP contribution is 2.33. The molecule has 1 N–H and O–H groups in total. The molecule has 1 aliphatic rings. The standard InChI is InChI=1S/C21H25N5O2/c1-15-13-18(26-12-4-11-23-26)8-7-17(15)14-22-19(27)9-10-20-24-25-21(28-20)16-5-2-3-6-16/h4,7-8,11-13,16H,2-3,5-6,9-10,14H2,1H3,(H,22,27). The van der Waals surface area contributed by atoms with Crippen LogP contribution in [0.25, 0.3) is 5.69 Å². The molecule has 1 saturated carbocycles. The quantitative estimate of drug-likeness (QED) is 0.679. The Balaban J connectivity index is 1.26. The number of hydrogen-bond donors (Lipinski definition) is 1. The summed E-state index contributed by atoms with van der Waals surface area (Å²) in [5, 5.41) is 15.5. The molecule has 7 nitrogen and oxygen atoms in total. The first-order valence-electron chi connectivity index (χ1n) is 9.87. The summed E-state index contributed by atoms with van der Waals surface area (Å²) in [6.07, 6.45) is 9.19. The molecule has 7 heteroatoms. The van der Waals surface area contributed by atoms with E-state index < -0.39 is 0 Å². The molecular formula is C21H25N5O2. The van der Waals surface area contributed by atoms with E-state index in [2.05, 4.69) is 26.7 Å². The Morgan fingerprint density at radius 3 is 2.89 bits per heavy atom. The van der Waals surface area contributed by atoms with Crippen LogP contribution >= 0.6 is 0 Å². The number of aromatic nitrogens is 4. The first-order chi connectivity index (χ1) is 13.7. The minimum Gasteiger partial charge on any atom is -0.425 e. The average Bonchev–Trinajstić information content (AvgIpc) is 3.47. The Bertz CT molecular complexity index is 926. The highest BCUT2D eigenvalue weighted by atomic mass is 16.4. The van der Waals surface area contributed by atoms with Gasteiger partial charge in [0.05, 0.1) is 5.69 Å². The Labute approximate surface area is 164 Å². The van der Waals surface area contributed by atoms with Gasteiger partial charge in [-0.2, -0.15) is 5.10 Å². The minimum atomic E-state index is -0.0174. The van der Waals surface area contributed by atoms with Crippen molar-refractivity contribution in [3.05, 3.63) is 59.6 Å². The molecule has 4 rings (SSSR count). The summed E-state index contributed by atoms with van der Waals surface area (Å²) >= 11 is 0. The van der Waals surface area contributed by atoms with Crippen LogP contribution in [-0.4, -0.2) is 25.9 Å². The van der Waals surface area contributed by atoms with E-state index in [1.165, 1.54) is 12.8 Å². The summed E-state index contributed by atoms with van der Waals surface area (Å²) in [4.78, 5) is 12.2. The van der Waals surface area contributed by atoms with Gasteiger partial charge in [-0.05, 0) is 49.1 Å². The molecule has 0 spiro atoms. The van der Waals surface area contributed by atoms with Gasteiger partial charge in [-0.3, -0.25) is 4.79 Å². The molecule has 3 aromatic rings. The van der Waals surface area contributed by atoms with E-state index in [1.807, 2.05) is 36.0 Å². The zero-order valence-corrected chi connectivity index (χ0v) is 16.1. The number of rotatable bonds is 7. The summed E-state index contributed by atoms with van der Waals surface area (Å²) in [5.74, 6) is 1.68. The number of nitrogens with zero attached hydrogens (tertiary/aromatic N) is 4. The molecule has 146 valence electrons. The fraction of sp³-hybridized carbons (Fsp3) is 0.429. The molecule has 2 aromatic heterocycles. The molecule has 1 aliphatic carbocycles. The summed E-state index contributed by atoms with van der Waals surface area (Å²) in [7, 11) is 0. The van der Waals surface area contributed by atoms with Crippen molar-refractivity contribution in [2.75, 3.05) is 0 Å². The van der Waals surface area contributed by atoms with Crippen molar-refractivity contribution in [3.8, 4) is 5.69 Å². The van der Waals surface area contributed by atoms with Crippen molar-refractivity contribution >= 4 is 5.91 Å². The van der Waals surface area contributed by atoms with Crippen molar-refractivity contribution in [2.45, 2.75) is 57.9 Å². The molecule has 0 atom stereocenters. The molecule has 0 aliphatic heterocycles. The Morgan fingerprint density at radius 1 is 1.29 bits per heavy atom. The fourth-order valence-electron chi connectivity index (χ4n) is 3.65. The van der Waals surface area contributed by atoms with Gasteiger partial charge in [-0.25, -0.2) is 4.68 Å². The van der Waals surface area contributed by atoms with E-state index in [-0.39, 0.29) is 5.91 Å². The Hall–Kier alpha value is -2.96. The van der Waals surface area contributed by atoms with Gasteiger partial charge in [0.25, 0.3) is 0 Å². The van der Waals surface area contributed by atoms with E-state index in [9.17, 15) is 4.79 Å². The number of carbonyl (C=O) groups is 1. The van der Waals surface area contributed by atoms with E-state index in [4.69, 9.17) is 4.42 Å². The number of benzene rings is 1. The van der Waals surface area contributed by atoms with Crippen molar-refractivity contribution < 1.29 is 9.21 Å². The van der Waals surface area contributed by atoms with Crippen LogP contribution in [-0.2, 0) is 17.8 Å². The van der Waals surface area contributed by atoms with Crippen LogP contribution in [0.1, 0.15) is 60.9 Å². The lowest BCUT2D eigenvalue weighted by Crippen LogP contribution is -2.23. The molecule has 0 radical (unpaired) electrons. The maximum absolute atomic E-state index is 12.2. The number of amides is 1. The topological polar surface area (TPSA) is 85.8 Å². The van der Waals surface area contributed by atoms with Gasteiger partial charge in [0.15, 0.2) is 0 Å². The van der Waals surface area contributed by atoms with Crippen LogP contribution < -0.4 is 5.32 Å². The lowest BCUT2D eigenvalue weighted by Gasteiger charge is -2.10. The van der Waals surface area contributed by atoms with Crippen LogP contribution in [0, 0.1) is 6.92 Å². The maximum Gasteiger partial charge on any atom is 0.220 e. The highest BCUT2D eigenvalue weighted by molar-refractivity contribution is 5.76. The molecule has 1 aromatic carbocycles. The lowest BCUT2D eigenvalue weighted by atomic mass is 10.1. The first-order valence-corrected chi connectivity index (χ1v) is 9.87. The molecule has 0 saturated heterocycles. The molecule has 1 fully saturated rings. The average molecular weight is 379 g/mol. The zero-order chi connectivity index (χ0) is 19.3. The van der Waals surface area contributed by atoms with Crippen LogP contribution in [0.5, 0.6) is 0 Å². The third-order valence-corrected chi connectivity index (χ3v) is 5.32. The minimum absolute atomic E-state index is 0.0174. The summed E-state index contributed by atoms with van der Waals surface area (Å²) < 4.78 is 7.56. The van der Waals surface area contributed by atoms with Gasteiger partial charge in [-0.15, -0.1) is 10.2 Å². The van der Waals surface area contributed by atoms with E-state index in [0.717, 1.165) is 35.5 Å². The van der Waals surface area contributed by atoms with Crippen molar-refractivity contribution in [1.29, 1.82) is 0 Å². The number of hydrogen-bond acceptors (Lipinski definition) is 5. The molecule has 1 amide bonds. The van der Waals surface area contributed by atoms with Crippen LogP contribution in [0.2, 0.25) is 0 Å². The second-order valence-electron chi connectivity index (χ2n) is 7.35. The summed E-state index contributed by atoms with van der Waals surface area (Å²) in [6, 6.07) is 7.99. The Morgan fingerprint density at radius 2 is 2.14 bits per heavy atom. The molecular weight excluding hydrogens is 354 g/mol. The smallest absolute Gasteiger partial charge is 0.220 e. The van der Waals surface area contributed by atoms with Crippen molar-refractivity contribution in [2.24, 2.45) is 0 Å². The van der Waals surface area contributed by atoms with Gasteiger partial charge in [-0.1, -0.05) is 18.9 Å². The van der Waals surface area contributed by atoms with E-state index in [0.29, 0.717) is 31.2 Å². The van der Waals surface area contributed by atoms with Crippen LogP contribution in [0.4, 0.5) is 0 Å². The third kappa shape index (κ3) is 4.30.